The van der Waals surface area contributed by atoms with Crippen molar-refractivity contribution in [3.8, 4) is 0 Å². The Kier molecular flexibility index (Phi) is 8.40. The van der Waals surface area contributed by atoms with E-state index in [-0.39, 0.29) is 17.9 Å². The quantitative estimate of drug-likeness (QED) is 0.639. The molecule has 1 fully saturated rings. The summed E-state index contributed by atoms with van der Waals surface area (Å²) in [5, 5.41) is 12.1. The summed E-state index contributed by atoms with van der Waals surface area (Å²) >= 11 is 0. The van der Waals surface area contributed by atoms with Crippen molar-refractivity contribution in [3.63, 3.8) is 0 Å². The van der Waals surface area contributed by atoms with Crippen LogP contribution < -0.4 is 5.32 Å². The van der Waals surface area contributed by atoms with E-state index in [0.717, 1.165) is 4.90 Å². The van der Waals surface area contributed by atoms with Crippen molar-refractivity contribution in [1.29, 1.82) is 0 Å². The molecule has 1 heterocycles. The molecule has 10 heteroatoms. The lowest BCUT2D eigenvalue weighted by atomic mass is 9.91. The van der Waals surface area contributed by atoms with Gasteiger partial charge in [-0.15, -0.1) is 0 Å². The first-order valence-corrected chi connectivity index (χ1v) is 10.9. The minimum atomic E-state index is -1.35. The molecule has 3 unspecified atom stereocenters. The SMILES string of the molecule is CCN(CC)C(=O)C1CC(C(=O)O)N(C(=O)CNC(=O)OC(C)(C)C)C1c1ccccc1F. The van der Waals surface area contributed by atoms with Gasteiger partial charge in [0.15, 0.2) is 0 Å². The third kappa shape index (κ3) is 6.21. The zero-order valence-electron chi connectivity index (χ0n) is 19.6. The highest BCUT2D eigenvalue weighted by atomic mass is 19.1. The topological polar surface area (TPSA) is 116 Å². The van der Waals surface area contributed by atoms with E-state index in [1.165, 1.54) is 23.1 Å². The van der Waals surface area contributed by atoms with Gasteiger partial charge in [0.25, 0.3) is 0 Å². The Balaban J connectivity index is 2.43. The molecule has 9 nitrogen and oxygen atoms in total. The maximum absolute atomic E-state index is 14.8. The first-order valence-electron chi connectivity index (χ1n) is 10.9. The number of carbonyl (C=O) groups excluding carboxylic acids is 3. The van der Waals surface area contributed by atoms with Gasteiger partial charge in [-0.2, -0.15) is 0 Å². The van der Waals surface area contributed by atoms with Crippen LogP contribution in [0.5, 0.6) is 0 Å². The third-order valence-corrected chi connectivity index (χ3v) is 5.47. The molecule has 3 atom stereocenters. The average molecular weight is 466 g/mol. The van der Waals surface area contributed by atoms with Crippen LogP contribution in [0.1, 0.15) is 52.6 Å². The van der Waals surface area contributed by atoms with Gasteiger partial charge >= 0.3 is 12.1 Å². The van der Waals surface area contributed by atoms with Gasteiger partial charge in [0, 0.05) is 18.7 Å². The van der Waals surface area contributed by atoms with E-state index in [4.69, 9.17) is 4.74 Å². The van der Waals surface area contributed by atoms with Crippen LogP contribution >= 0.6 is 0 Å². The Morgan fingerprint density at radius 1 is 1.18 bits per heavy atom. The van der Waals surface area contributed by atoms with Gasteiger partial charge in [0.05, 0.1) is 12.0 Å². The van der Waals surface area contributed by atoms with Crippen molar-refractivity contribution < 1.29 is 33.4 Å². The Labute approximate surface area is 192 Å². The Bertz CT molecular complexity index is 896. The van der Waals surface area contributed by atoms with Crippen LogP contribution in [-0.4, -0.2) is 70.1 Å². The van der Waals surface area contributed by atoms with Gasteiger partial charge in [-0.3, -0.25) is 9.59 Å². The second-order valence-corrected chi connectivity index (χ2v) is 8.83. The van der Waals surface area contributed by atoms with Crippen molar-refractivity contribution in [2.45, 2.75) is 58.7 Å². The predicted molar refractivity (Wildman–Crippen MR) is 118 cm³/mol. The number of amides is 3. The van der Waals surface area contributed by atoms with Crippen molar-refractivity contribution in [2.24, 2.45) is 5.92 Å². The largest absolute Gasteiger partial charge is 0.480 e. The van der Waals surface area contributed by atoms with Crippen LogP contribution in [0.25, 0.3) is 0 Å². The minimum absolute atomic E-state index is 0.0531. The molecule has 0 saturated carbocycles. The number of hydrogen-bond acceptors (Lipinski definition) is 5. The van der Waals surface area contributed by atoms with Crippen molar-refractivity contribution >= 4 is 23.9 Å². The molecule has 1 aliphatic rings. The lowest BCUT2D eigenvalue weighted by Gasteiger charge is -2.32. The average Bonchev–Trinajstić information content (AvgIpc) is 3.12. The predicted octanol–water partition coefficient (Wildman–Crippen LogP) is 2.56. The van der Waals surface area contributed by atoms with E-state index in [2.05, 4.69) is 5.32 Å². The lowest BCUT2D eigenvalue weighted by molar-refractivity contribution is -0.149. The smallest absolute Gasteiger partial charge is 0.408 e. The van der Waals surface area contributed by atoms with E-state index in [0.29, 0.717) is 13.1 Å². The van der Waals surface area contributed by atoms with Gasteiger partial charge in [-0.1, -0.05) is 18.2 Å². The van der Waals surface area contributed by atoms with Gasteiger partial charge < -0.3 is 25.0 Å². The highest BCUT2D eigenvalue weighted by molar-refractivity contribution is 5.90. The fraction of sp³-hybridized carbons (Fsp3) is 0.565. The van der Waals surface area contributed by atoms with Gasteiger partial charge in [0.2, 0.25) is 11.8 Å². The van der Waals surface area contributed by atoms with Crippen LogP contribution in [0.15, 0.2) is 24.3 Å². The molecule has 1 aromatic carbocycles. The summed E-state index contributed by atoms with van der Waals surface area (Å²) in [4.78, 5) is 53.0. The van der Waals surface area contributed by atoms with E-state index < -0.39 is 53.9 Å². The maximum atomic E-state index is 14.8. The molecule has 0 aliphatic carbocycles. The van der Waals surface area contributed by atoms with Crippen LogP contribution in [0, 0.1) is 11.7 Å². The maximum Gasteiger partial charge on any atom is 0.408 e. The first-order chi connectivity index (χ1) is 15.4. The number of likely N-dealkylation sites (tertiary alicyclic amines) is 1. The van der Waals surface area contributed by atoms with E-state index in [1.807, 2.05) is 0 Å². The number of ether oxygens (including phenoxy) is 1. The van der Waals surface area contributed by atoms with Crippen LogP contribution in [-0.2, 0) is 19.1 Å². The molecule has 1 saturated heterocycles. The zero-order chi connectivity index (χ0) is 24.9. The monoisotopic (exact) mass is 465 g/mol. The van der Waals surface area contributed by atoms with Crippen molar-refractivity contribution in [1.82, 2.24) is 15.1 Å². The number of aliphatic carboxylic acids is 1. The summed E-state index contributed by atoms with van der Waals surface area (Å²) in [7, 11) is 0. The number of carboxylic acid groups (broad SMARTS) is 1. The summed E-state index contributed by atoms with van der Waals surface area (Å²) in [6, 6.07) is 3.19. The number of nitrogens with one attached hydrogen (secondary N) is 1. The molecule has 3 amide bonds. The Hall–Kier alpha value is -3.17. The molecular formula is C23H32FN3O6. The molecule has 2 rings (SSSR count). The summed E-state index contributed by atoms with van der Waals surface area (Å²) < 4.78 is 19.9. The highest BCUT2D eigenvalue weighted by Gasteiger charge is 2.51. The second-order valence-electron chi connectivity index (χ2n) is 8.83. The molecule has 1 aliphatic heterocycles. The molecule has 0 bridgehead atoms. The van der Waals surface area contributed by atoms with Crippen molar-refractivity contribution in [2.75, 3.05) is 19.6 Å². The van der Waals surface area contributed by atoms with Gasteiger partial charge in [0.1, 0.15) is 24.0 Å². The first kappa shape index (κ1) is 26.1. The number of hydrogen-bond donors (Lipinski definition) is 2. The van der Waals surface area contributed by atoms with Crippen molar-refractivity contribution in [3.05, 3.63) is 35.6 Å². The van der Waals surface area contributed by atoms with E-state index in [9.17, 15) is 28.7 Å². The number of halogens is 1. The van der Waals surface area contributed by atoms with Crippen LogP contribution in [0.2, 0.25) is 0 Å². The fourth-order valence-electron chi connectivity index (χ4n) is 4.06. The Morgan fingerprint density at radius 2 is 1.79 bits per heavy atom. The van der Waals surface area contributed by atoms with Gasteiger partial charge in [-0.25, -0.2) is 14.0 Å². The second kappa shape index (κ2) is 10.6. The summed E-state index contributed by atoms with van der Waals surface area (Å²) in [6.45, 7) is 8.78. The van der Waals surface area contributed by atoms with Crippen LogP contribution in [0.4, 0.5) is 9.18 Å². The molecular weight excluding hydrogens is 433 g/mol. The van der Waals surface area contributed by atoms with Gasteiger partial charge in [-0.05, 0) is 47.1 Å². The van der Waals surface area contributed by atoms with E-state index in [1.54, 1.807) is 40.7 Å². The number of carboxylic acids is 1. The van der Waals surface area contributed by atoms with E-state index >= 15 is 0 Å². The summed E-state index contributed by atoms with van der Waals surface area (Å²) in [5.41, 5.74) is -0.737. The third-order valence-electron chi connectivity index (χ3n) is 5.47. The minimum Gasteiger partial charge on any atom is -0.480 e. The number of carbonyl (C=O) groups is 4. The number of rotatable bonds is 7. The molecule has 0 spiro atoms. The van der Waals surface area contributed by atoms with Crippen LogP contribution in [0.3, 0.4) is 0 Å². The highest BCUT2D eigenvalue weighted by Crippen LogP contribution is 2.43. The standard InChI is InChI=1S/C23H32FN3O6/c1-6-26(7-2)20(29)15-12-17(21(30)31)27(19(15)14-10-8-9-11-16(14)24)18(28)13-25-22(32)33-23(3,4)5/h8-11,15,17,19H,6-7,12-13H2,1-5H3,(H,25,32)(H,30,31). The summed E-state index contributed by atoms with van der Waals surface area (Å²) in [6.07, 6.45) is -1.01. The molecule has 2 N–H and O–H groups in total. The summed E-state index contributed by atoms with van der Waals surface area (Å²) in [5.74, 6) is -4.01. The molecule has 182 valence electrons. The Morgan fingerprint density at radius 3 is 2.30 bits per heavy atom. The fourth-order valence-corrected chi connectivity index (χ4v) is 4.06. The molecule has 1 aromatic rings. The number of nitrogens with zero attached hydrogens (tertiary/aromatic N) is 2. The molecule has 0 radical (unpaired) electrons. The normalized spacial score (nSPS) is 20.3. The molecule has 0 aromatic heterocycles. The lowest BCUT2D eigenvalue weighted by Crippen LogP contribution is -2.48. The molecule has 33 heavy (non-hydrogen) atoms. The zero-order valence-corrected chi connectivity index (χ0v) is 19.6. The number of alkyl carbamates (subject to hydrolysis) is 1. The number of benzene rings is 1.